The highest BCUT2D eigenvalue weighted by Gasteiger charge is 2.51. The van der Waals surface area contributed by atoms with E-state index in [4.69, 9.17) is 16.2 Å². The van der Waals surface area contributed by atoms with Gasteiger partial charge in [0.1, 0.15) is 5.75 Å². The first-order valence-electron chi connectivity index (χ1n) is 8.63. The van der Waals surface area contributed by atoms with E-state index in [1.165, 1.54) is 0 Å². The van der Waals surface area contributed by atoms with Crippen molar-refractivity contribution in [3.63, 3.8) is 0 Å². The van der Waals surface area contributed by atoms with Crippen LogP contribution in [0.4, 0.5) is 0 Å². The lowest BCUT2D eigenvalue weighted by atomic mass is 9.60. The topological polar surface area (TPSA) is 162 Å². The van der Waals surface area contributed by atoms with Gasteiger partial charge in [-0.3, -0.25) is 4.79 Å². The Hall–Kier alpha value is -3.51. The van der Waals surface area contributed by atoms with E-state index in [2.05, 4.69) is 11.4 Å². The summed E-state index contributed by atoms with van der Waals surface area (Å²) in [6, 6.07) is 13.1. The molecule has 0 unspecified atom stereocenters. The molecule has 0 saturated heterocycles. The average Bonchev–Trinajstić information content (AvgIpc) is 2.72. The second kappa shape index (κ2) is 8.67. The Labute approximate surface area is 174 Å². The molecule has 3 rings (SSSR count). The van der Waals surface area contributed by atoms with E-state index in [0.29, 0.717) is 24.4 Å². The Balaban J connectivity index is 0.00000300. The largest absolute Gasteiger partial charge is 0.484 e. The van der Waals surface area contributed by atoms with Gasteiger partial charge in [0.25, 0.3) is 5.91 Å². The normalized spacial score (nSPS) is 21.9. The number of amides is 1. The Morgan fingerprint density at radius 3 is 2.45 bits per heavy atom. The number of carbonyl (C=O) groups is 1. The maximum absolute atomic E-state index is 10.9. The second-order valence-corrected chi connectivity index (χ2v) is 6.64. The van der Waals surface area contributed by atoms with Crippen LogP contribution in [0, 0.1) is 45.3 Å². The summed E-state index contributed by atoms with van der Waals surface area (Å²) < 4.78 is 5.27. The second-order valence-electron chi connectivity index (χ2n) is 6.64. The minimum atomic E-state index is -1.63. The van der Waals surface area contributed by atoms with E-state index < -0.39 is 17.2 Å². The Bertz CT molecular complexity index is 980. The quantitative estimate of drug-likeness (QED) is 0.623. The van der Waals surface area contributed by atoms with E-state index in [1.54, 1.807) is 24.3 Å². The first-order chi connectivity index (χ1) is 13.5. The molecule has 1 heterocycles. The highest BCUT2D eigenvalue weighted by molar-refractivity contribution is 5.85. The number of benzene rings is 1. The zero-order valence-corrected chi connectivity index (χ0v) is 16.2. The van der Waals surface area contributed by atoms with Crippen molar-refractivity contribution in [2.24, 2.45) is 22.8 Å². The third kappa shape index (κ3) is 3.62. The molecule has 8 nitrogen and oxygen atoms in total. The molecule has 1 aromatic carbocycles. The van der Waals surface area contributed by atoms with Gasteiger partial charge in [0.2, 0.25) is 5.41 Å². The number of primary amides is 1. The number of carbonyl (C=O) groups excluding carboxylic acids is 1. The lowest BCUT2D eigenvalue weighted by Gasteiger charge is -2.42. The van der Waals surface area contributed by atoms with Gasteiger partial charge in [-0.1, -0.05) is 18.2 Å². The third-order valence-corrected chi connectivity index (χ3v) is 5.15. The molecule has 0 saturated carbocycles. The van der Waals surface area contributed by atoms with Crippen molar-refractivity contribution < 1.29 is 9.53 Å². The monoisotopic (exact) mass is 410 g/mol. The van der Waals surface area contributed by atoms with Crippen molar-refractivity contribution in [1.82, 2.24) is 5.32 Å². The molecule has 0 radical (unpaired) electrons. The van der Waals surface area contributed by atoms with Crippen LogP contribution in [-0.4, -0.2) is 25.6 Å². The van der Waals surface area contributed by atoms with Crippen LogP contribution in [0.1, 0.15) is 11.5 Å². The zero-order valence-electron chi connectivity index (χ0n) is 15.4. The molecule has 1 aromatic rings. The van der Waals surface area contributed by atoms with Gasteiger partial charge in [-0.15, -0.1) is 12.4 Å². The van der Waals surface area contributed by atoms with E-state index in [0.717, 1.165) is 5.56 Å². The molecular weight excluding hydrogens is 392 g/mol. The fourth-order valence-electron chi connectivity index (χ4n) is 3.87. The van der Waals surface area contributed by atoms with Crippen molar-refractivity contribution in [2.45, 2.75) is 5.92 Å². The predicted octanol–water partition coefficient (Wildman–Crippen LogP) is 0.985. The number of nitriles is 3. The first-order valence-corrected chi connectivity index (χ1v) is 8.63. The molecule has 0 spiro atoms. The molecule has 0 aromatic heterocycles. The number of nitrogens with zero attached hydrogens (tertiary/aromatic N) is 3. The molecule has 2 aliphatic rings. The predicted molar refractivity (Wildman–Crippen MR) is 106 cm³/mol. The summed E-state index contributed by atoms with van der Waals surface area (Å²) in [6.45, 7) is 0.810. The number of allylic oxidation sites excluding steroid dienone is 2. The highest BCUT2D eigenvalue weighted by atomic mass is 35.5. The minimum Gasteiger partial charge on any atom is -0.484 e. The number of nitrogens with two attached hydrogens (primary N) is 2. The molecule has 0 bridgehead atoms. The van der Waals surface area contributed by atoms with Gasteiger partial charge < -0.3 is 21.5 Å². The summed E-state index contributed by atoms with van der Waals surface area (Å²) >= 11 is 0. The lowest BCUT2D eigenvalue weighted by Crippen LogP contribution is -2.45. The Kier molecular flexibility index (Phi) is 6.51. The van der Waals surface area contributed by atoms with E-state index in [-0.39, 0.29) is 36.2 Å². The number of ether oxygens (including phenoxy) is 1. The van der Waals surface area contributed by atoms with Gasteiger partial charge in [0.05, 0.1) is 29.5 Å². The fraction of sp³-hybridized carbons (Fsp3) is 0.300. The summed E-state index contributed by atoms with van der Waals surface area (Å²) in [5, 5.41) is 32.5. The summed E-state index contributed by atoms with van der Waals surface area (Å²) in [7, 11) is 0. The van der Waals surface area contributed by atoms with Crippen molar-refractivity contribution in [3.8, 4) is 24.0 Å². The van der Waals surface area contributed by atoms with E-state index in [9.17, 15) is 20.6 Å². The van der Waals surface area contributed by atoms with Crippen molar-refractivity contribution in [1.29, 1.82) is 15.8 Å². The maximum Gasteiger partial charge on any atom is 0.255 e. The SMILES string of the molecule is Cl.N#CC1=C(N)C(C#N)(C#N)C2=CCNC[C@@H]2[C@H]1c1ccc(OCC(N)=O)cc1. The third-order valence-electron chi connectivity index (χ3n) is 5.15. The van der Waals surface area contributed by atoms with Crippen LogP contribution in [0.2, 0.25) is 0 Å². The summed E-state index contributed by atoms with van der Waals surface area (Å²) in [5.41, 5.74) is 11.3. The summed E-state index contributed by atoms with van der Waals surface area (Å²) in [5.74, 6) is -0.766. The van der Waals surface area contributed by atoms with Crippen LogP contribution in [0.15, 0.2) is 47.2 Å². The van der Waals surface area contributed by atoms with Crippen LogP contribution < -0.4 is 21.5 Å². The number of hydrogen-bond donors (Lipinski definition) is 3. The lowest BCUT2D eigenvalue weighted by molar-refractivity contribution is -0.119. The summed E-state index contributed by atoms with van der Waals surface area (Å²) in [6.07, 6.45) is 1.82. The average molecular weight is 411 g/mol. The maximum atomic E-state index is 10.9. The van der Waals surface area contributed by atoms with Crippen LogP contribution in [0.3, 0.4) is 0 Å². The fourth-order valence-corrected chi connectivity index (χ4v) is 3.87. The number of fused-ring (bicyclic) bond motifs is 1. The first kappa shape index (κ1) is 21.8. The van der Waals surface area contributed by atoms with Gasteiger partial charge in [0.15, 0.2) is 6.61 Å². The number of halogens is 1. The Morgan fingerprint density at radius 1 is 1.24 bits per heavy atom. The van der Waals surface area contributed by atoms with Gasteiger partial charge in [0, 0.05) is 24.9 Å². The van der Waals surface area contributed by atoms with Gasteiger partial charge >= 0.3 is 0 Å². The van der Waals surface area contributed by atoms with Crippen LogP contribution >= 0.6 is 12.4 Å². The summed E-state index contributed by atoms with van der Waals surface area (Å²) in [4.78, 5) is 10.9. The van der Waals surface area contributed by atoms with E-state index >= 15 is 0 Å². The zero-order chi connectivity index (χ0) is 20.3. The Morgan fingerprint density at radius 2 is 1.90 bits per heavy atom. The molecule has 2 atom stereocenters. The van der Waals surface area contributed by atoms with Gasteiger partial charge in [-0.2, -0.15) is 15.8 Å². The molecule has 29 heavy (non-hydrogen) atoms. The van der Waals surface area contributed by atoms with Crippen molar-refractivity contribution >= 4 is 18.3 Å². The minimum absolute atomic E-state index is 0. The molecule has 1 aliphatic heterocycles. The molecular formula is C20H19ClN6O2. The molecule has 1 amide bonds. The van der Waals surface area contributed by atoms with Gasteiger partial charge in [-0.25, -0.2) is 0 Å². The molecule has 5 N–H and O–H groups in total. The number of hydrogen-bond acceptors (Lipinski definition) is 7. The van der Waals surface area contributed by atoms with Crippen molar-refractivity contribution in [2.75, 3.05) is 19.7 Å². The standard InChI is InChI=1S/C20H18N6O2.ClH/c21-7-14-18(12-1-3-13(4-2-12)28-9-17(24)27)15-8-26-6-5-16(15)20(10-22,11-23)19(14)25;/h1-5,15,18,26H,6,8-9,25H2,(H2,24,27);1H/t15-,18-;/m0./s1. The molecule has 9 heteroatoms. The van der Waals surface area contributed by atoms with Crippen molar-refractivity contribution in [3.05, 3.63) is 52.7 Å². The number of nitrogens with one attached hydrogen (secondary N) is 1. The van der Waals surface area contributed by atoms with Gasteiger partial charge in [-0.05, 0) is 23.3 Å². The van der Waals surface area contributed by atoms with E-state index in [1.807, 2.05) is 18.2 Å². The van der Waals surface area contributed by atoms with Crippen LogP contribution in [-0.2, 0) is 4.79 Å². The molecule has 1 aliphatic carbocycles. The smallest absolute Gasteiger partial charge is 0.255 e. The molecule has 0 fully saturated rings. The highest BCUT2D eigenvalue weighted by Crippen LogP contribution is 2.52. The van der Waals surface area contributed by atoms with Crippen LogP contribution in [0.25, 0.3) is 0 Å². The van der Waals surface area contributed by atoms with Crippen LogP contribution in [0.5, 0.6) is 5.75 Å². The number of rotatable bonds is 4. The molecule has 148 valence electrons.